The number of amides is 2. The predicted octanol–water partition coefficient (Wildman–Crippen LogP) is 4.57. The molecule has 1 aromatic carbocycles. The number of thiophene rings is 1. The van der Waals surface area contributed by atoms with Crippen LogP contribution in [0.1, 0.15) is 41.7 Å². The van der Waals surface area contributed by atoms with E-state index in [9.17, 15) is 9.59 Å². The molecule has 2 amide bonds. The third-order valence-corrected chi connectivity index (χ3v) is 8.16. The zero-order chi connectivity index (χ0) is 22.1. The van der Waals surface area contributed by atoms with Crippen LogP contribution in [0.25, 0.3) is 10.2 Å². The smallest absolute Gasteiger partial charge is 0.270 e. The lowest BCUT2D eigenvalue weighted by atomic mass is 9.88. The Morgan fingerprint density at radius 3 is 2.31 bits per heavy atom. The minimum Gasteiger partial charge on any atom is -0.342 e. The number of nitrogens with zero attached hydrogens (tertiary/aromatic N) is 3. The zero-order valence-corrected chi connectivity index (χ0v) is 19.5. The second-order valence-electron chi connectivity index (χ2n) is 9.28. The SMILES string of the molecule is Cn1c(C(=O)N2CCC(C(=O)N3CCC(Cc4ccccc4)CC3)CC2)cc2sccc21. The van der Waals surface area contributed by atoms with Crippen molar-refractivity contribution >= 4 is 33.4 Å². The van der Waals surface area contributed by atoms with E-state index in [1.165, 1.54) is 5.56 Å². The minimum absolute atomic E-state index is 0.0571. The lowest BCUT2D eigenvalue weighted by Gasteiger charge is -2.37. The number of likely N-dealkylation sites (tertiary alicyclic amines) is 2. The number of carbonyl (C=O) groups excluding carboxylic acids is 2. The van der Waals surface area contributed by atoms with Crippen molar-refractivity contribution < 1.29 is 9.59 Å². The average Bonchev–Trinajstić information content (AvgIpc) is 3.42. The molecule has 0 saturated carbocycles. The first-order chi connectivity index (χ1) is 15.6. The van der Waals surface area contributed by atoms with Gasteiger partial charge in [-0.05, 0) is 61.1 Å². The summed E-state index contributed by atoms with van der Waals surface area (Å²) < 4.78 is 3.14. The van der Waals surface area contributed by atoms with Crippen molar-refractivity contribution in [1.29, 1.82) is 0 Å². The Hall–Kier alpha value is -2.60. The van der Waals surface area contributed by atoms with Gasteiger partial charge in [-0.15, -0.1) is 11.3 Å². The van der Waals surface area contributed by atoms with E-state index in [-0.39, 0.29) is 11.8 Å². The third-order valence-electron chi connectivity index (χ3n) is 7.31. The van der Waals surface area contributed by atoms with E-state index in [4.69, 9.17) is 0 Å². The number of aryl methyl sites for hydroxylation is 1. The topological polar surface area (TPSA) is 45.6 Å². The Kier molecular flexibility index (Phi) is 6.05. The van der Waals surface area contributed by atoms with Crippen LogP contribution in [0.3, 0.4) is 0 Å². The van der Waals surface area contributed by atoms with Crippen molar-refractivity contribution in [2.75, 3.05) is 26.2 Å². The summed E-state index contributed by atoms with van der Waals surface area (Å²) in [6.45, 7) is 3.07. The van der Waals surface area contributed by atoms with Crippen LogP contribution in [0.2, 0.25) is 0 Å². The number of carbonyl (C=O) groups is 2. The molecule has 4 heterocycles. The molecule has 32 heavy (non-hydrogen) atoms. The molecule has 0 spiro atoms. The first-order valence-corrected chi connectivity index (χ1v) is 12.6. The van der Waals surface area contributed by atoms with Gasteiger partial charge in [-0.3, -0.25) is 9.59 Å². The molecule has 0 radical (unpaired) electrons. The highest BCUT2D eigenvalue weighted by molar-refractivity contribution is 7.17. The molecular weight excluding hydrogens is 418 g/mol. The van der Waals surface area contributed by atoms with Gasteiger partial charge in [0.2, 0.25) is 5.91 Å². The molecule has 2 fully saturated rings. The number of hydrogen-bond donors (Lipinski definition) is 0. The predicted molar refractivity (Wildman–Crippen MR) is 129 cm³/mol. The van der Waals surface area contributed by atoms with Gasteiger partial charge in [-0.25, -0.2) is 0 Å². The van der Waals surface area contributed by atoms with Crippen molar-refractivity contribution in [3.8, 4) is 0 Å². The summed E-state index contributed by atoms with van der Waals surface area (Å²) in [5.41, 5.74) is 3.25. The number of fused-ring (bicyclic) bond motifs is 1. The summed E-state index contributed by atoms with van der Waals surface area (Å²) in [6.07, 6.45) is 4.83. The number of rotatable bonds is 4. The highest BCUT2D eigenvalue weighted by atomic mass is 32.1. The first-order valence-electron chi connectivity index (χ1n) is 11.7. The van der Waals surface area contributed by atoms with Crippen molar-refractivity contribution in [2.24, 2.45) is 18.9 Å². The lowest BCUT2D eigenvalue weighted by molar-refractivity contribution is -0.138. The Labute approximate surface area is 193 Å². The number of aromatic nitrogens is 1. The van der Waals surface area contributed by atoms with Crippen LogP contribution >= 0.6 is 11.3 Å². The van der Waals surface area contributed by atoms with E-state index in [1.807, 2.05) is 22.6 Å². The van der Waals surface area contributed by atoms with E-state index in [0.717, 1.165) is 61.1 Å². The van der Waals surface area contributed by atoms with Crippen LogP contribution in [0.5, 0.6) is 0 Å². The van der Waals surface area contributed by atoms with Crippen molar-refractivity contribution in [3.05, 3.63) is 59.1 Å². The molecule has 3 aromatic rings. The third kappa shape index (κ3) is 4.20. The Morgan fingerprint density at radius 1 is 0.938 bits per heavy atom. The Balaban J connectivity index is 1.12. The Morgan fingerprint density at radius 2 is 1.62 bits per heavy atom. The highest BCUT2D eigenvalue weighted by Crippen LogP contribution is 2.28. The molecule has 2 aliphatic rings. The van der Waals surface area contributed by atoms with Crippen LogP contribution < -0.4 is 0 Å². The largest absolute Gasteiger partial charge is 0.342 e. The first kappa shape index (κ1) is 21.3. The fourth-order valence-electron chi connectivity index (χ4n) is 5.31. The molecule has 2 aromatic heterocycles. The van der Waals surface area contributed by atoms with Crippen LogP contribution in [-0.2, 0) is 18.3 Å². The summed E-state index contributed by atoms with van der Waals surface area (Å²) in [4.78, 5) is 30.2. The summed E-state index contributed by atoms with van der Waals surface area (Å²) >= 11 is 1.67. The molecule has 0 unspecified atom stereocenters. The van der Waals surface area contributed by atoms with Crippen molar-refractivity contribution in [2.45, 2.75) is 32.1 Å². The van der Waals surface area contributed by atoms with Crippen LogP contribution in [0.4, 0.5) is 0 Å². The average molecular weight is 450 g/mol. The van der Waals surface area contributed by atoms with Gasteiger partial charge in [0.15, 0.2) is 0 Å². The number of piperidine rings is 2. The molecule has 5 rings (SSSR count). The Bertz CT molecular complexity index is 1090. The molecule has 0 aliphatic carbocycles. The second-order valence-corrected chi connectivity index (χ2v) is 10.2. The van der Waals surface area contributed by atoms with Crippen LogP contribution in [0.15, 0.2) is 47.8 Å². The molecule has 0 bridgehead atoms. The van der Waals surface area contributed by atoms with Crippen LogP contribution in [0, 0.1) is 11.8 Å². The molecule has 2 saturated heterocycles. The van der Waals surface area contributed by atoms with Crippen LogP contribution in [-0.4, -0.2) is 52.4 Å². The summed E-state index contributed by atoms with van der Waals surface area (Å²) in [6, 6.07) is 14.7. The van der Waals surface area contributed by atoms with Crippen molar-refractivity contribution in [3.63, 3.8) is 0 Å². The molecule has 168 valence electrons. The van der Waals surface area contributed by atoms with Gasteiger partial charge in [-0.2, -0.15) is 0 Å². The minimum atomic E-state index is 0.0571. The van der Waals surface area contributed by atoms with Gasteiger partial charge in [-0.1, -0.05) is 30.3 Å². The van der Waals surface area contributed by atoms with E-state index in [1.54, 1.807) is 11.3 Å². The molecule has 2 aliphatic heterocycles. The highest BCUT2D eigenvalue weighted by Gasteiger charge is 2.33. The second kappa shape index (κ2) is 9.10. The summed E-state index contributed by atoms with van der Waals surface area (Å²) in [5, 5.41) is 2.06. The van der Waals surface area contributed by atoms with Gasteiger partial charge in [0.1, 0.15) is 5.69 Å². The maximum absolute atomic E-state index is 13.1. The molecular formula is C26H31N3O2S. The molecule has 0 atom stereocenters. The van der Waals surface area contributed by atoms with Crippen molar-refractivity contribution in [1.82, 2.24) is 14.4 Å². The summed E-state index contributed by atoms with van der Waals surface area (Å²) in [5.74, 6) is 1.11. The fraction of sp³-hybridized carbons (Fsp3) is 0.462. The van der Waals surface area contributed by atoms with E-state index < -0.39 is 0 Å². The van der Waals surface area contributed by atoms with E-state index in [2.05, 4.69) is 46.7 Å². The quantitative estimate of drug-likeness (QED) is 0.586. The standard InChI is InChI=1S/C26H31N3O2S/c1-27-22-11-16-32-24(22)18-23(27)26(31)29-14-9-21(10-15-29)25(30)28-12-7-20(8-13-28)17-19-5-3-2-4-6-19/h2-6,11,16,18,20-21H,7-10,12-15,17H2,1H3. The van der Waals surface area contributed by atoms with Gasteiger partial charge in [0.25, 0.3) is 5.91 Å². The van der Waals surface area contributed by atoms with Gasteiger partial charge < -0.3 is 14.4 Å². The number of hydrogen-bond acceptors (Lipinski definition) is 3. The van der Waals surface area contributed by atoms with E-state index >= 15 is 0 Å². The maximum Gasteiger partial charge on any atom is 0.270 e. The van der Waals surface area contributed by atoms with Gasteiger partial charge in [0, 0.05) is 39.1 Å². The zero-order valence-electron chi connectivity index (χ0n) is 18.7. The maximum atomic E-state index is 13.1. The lowest BCUT2D eigenvalue weighted by Crippen LogP contribution is -2.46. The molecule has 6 heteroatoms. The number of benzene rings is 1. The van der Waals surface area contributed by atoms with Gasteiger partial charge >= 0.3 is 0 Å². The normalized spacial score (nSPS) is 18.4. The molecule has 0 N–H and O–H groups in total. The fourth-order valence-corrected chi connectivity index (χ4v) is 6.16. The van der Waals surface area contributed by atoms with Gasteiger partial charge in [0.05, 0.1) is 10.2 Å². The van der Waals surface area contributed by atoms with E-state index in [0.29, 0.717) is 24.9 Å². The summed E-state index contributed by atoms with van der Waals surface area (Å²) in [7, 11) is 1.96. The molecule has 5 nitrogen and oxygen atoms in total. The monoisotopic (exact) mass is 449 g/mol.